The molecule has 0 N–H and O–H groups in total. The minimum Gasteiger partial charge on any atom is -0.455 e. The molecule has 0 saturated carbocycles. The highest BCUT2D eigenvalue weighted by atomic mass is 19.1. The first-order valence-electron chi connectivity index (χ1n) is 27.3. The number of furan rings is 1. The summed E-state index contributed by atoms with van der Waals surface area (Å²) in [6, 6.07) is 35.0. The maximum Gasteiger partial charge on any atom is 0.144 e. The monoisotopic (exact) mass is 814 g/mol. The third kappa shape index (κ3) is 9.37. The molecule has 0 amide bonds. The van der Waals surface area contributed by atoms with Gasteiger partial charge in [0.05, 0.1) is 18.5 Å². The molecule has 9 rings (SSSR count). The van der Waals surface area contributed by atoms with Gasteiger partial charge in [-0.05, 0) is 120 Å². The zero-order valence-electron chi connectivity index (χ0n) is 48.6. The minimum atomic E-state index is -3.19. The van der Waals surface area contributed by atoms with Gasteiger partial charge in [0, 0.05) is 70.8 Å². The summed E-state index contributed by atoms with van der Waals surface area (Å²) in [6.07, 6.45) is -17.2. The molecule has 0 radical (unpaired) electrons. The van der Waals surface area contributed by atoms with Gasteiger partial charge < -0.3 is 4.42 Å². The van der Waals surface area contributed by atoms with Crippen LogP contribution in [0, 0.1) is 11.2 Å². The van der Waals surface area contributed by atoms with Crippen molar-refractivity contribution in [2.75, 3.05) is 0 Å². The second kappa shape index (κ2) is 17.5. The third-order valence-electron chi connectivity index (χ3n) is 9.74. The van der Waals surface area contributed by atoms with Gasteiger partial charge in [0.15, 0.2) is 0 Å². The summed E-state index contributed by atoms with van der Waals surface area (Å²) < 4.78 is 161. The molecule has 302 valence electrons. The zero-order chi connectivity index (χ0) is 55.2. The number of nitrogens with zero attached hydrogens (tertiary/aromatic N) is 3. The number of halogens is 1. The van der Waals surface area contributed by atoms with Crippen molar-refractivity contribution in [2.45, 2.75) is 65.4 Å². The van der Waals surface area contributed by atoms with Gasteiger partial charge >= 0.3 is 0 Å². The van der Waals surface area contributed by atoms with Gasteiger partial charge in [-0.2, -0.15) is 0 Å². The molecule has 61 heavy (non-hydrogen) atoms. The number of fused-ring (bicyclic) bond motifs is 3. The Morgan fingerprint density at radius 2 is 0.967 bits per heavy atom. The predicted octanol–water partition coefficient (Wildman–Crippen LogP) is 13.9. The third-order valence-corrected chi connectivity index (χ3v) is 9.74. The summed E-state index contributed by atoms with van der Waals surface area (Å²) in [5.74, 6) is -1.06. The van der Waals surface area contributed by atoms with Crippen LogP contribution in [0.1, 0.15) is 80.3 Å². The van der Waals surface area contributed by atoms with Gasteiger partial charge in [-0.15, -0.1) is 0 Å². The number of rotatable bonds is 13. The summed E-state index contributed by atoms with van der Waals surface area (Å²) >= 11 is 0. The van der Waals surface area contributed by atoms with Gasteiger partial charge in [-0.3, -0.25) is 15.0 Å². The van der Waals surface area contributed by atoms with E-state index >= 15 is 4.39 Å². The van der Waals surface area contributed by atoms with Gasteiger partial charge in [-0.1, -0.05) is 130 Å². The van der Waals surface area contributed by atoms with E-state index < -0.39 is 84.1 Å². The number of pyridine rings is 3. The molecule has 0 saturated heterocycles. The van der Waals surface area contributed by atoms with Crippen LogP contribution < -0.4 is 0 Å². The highest BCUT2D eigenvalue weighted by Crippen LogP contribution is 2.39. The van der Waals surface area contributed by atoms with Crippen LogP contribution in [0.2, 0.25) is 0 Å². The molecule has 5 heteroatoms. The van der Waals surface area contributed by atoms with Crippen LogP contribution in [-0.4, -0.2) is 15.0 Å². The lowest BCUT2D eigenvalue weighted by Crippen LogP contribution is -2.10. The van der Waals surface area contributed by atoms with Crippen LogP contribution >= 0.6 is 0 Å². The van der Waals surface area contributed by atoms with E-state index in [0.29, 0.717) is 27.7 Å². The van der Waals surface area contributed by atoms with Crippen molar-refractivity contribution in [3.05, 3.63) is 209 Å². The standard InChI is InChI=1S/C56H50FN3O/c1-56(2,3)34-49-50(57)27-26-47-46-15-10-16-48(54(46)61-55(47)49)53-30-25-40(37-60-53)19-22-43-32-41(20-17-38-23-28-51(58-35-38)44-11-6-4-7-12-44)31-42(33-43)21-18-39-24-29-52(59-36-39)45-13-8-5-9-14-45/h4-16,23-33,35-37H,17-22,34H2,1-3H3/i17D2,18D2,19D2,20D2,21D2,22D2,27D,34D2. The average Bonchev–Trinajstić information content (AvgIpc) is 3.85. The molecule has 0 fully saturated rings. The van der Waals surface area contributed by atoms with E-state index in [9.17, 15) is 16.4 Å². The SMILES string of the molecule is [2H]c1cc2c(oc3c(-c4ccc(C([2H])([2H])C([2H])([2H])c5cc(C([2H])([2H])C([2H])([2H])c6ccc(-c7ccccc7)nc6)cc(C([2H])([2H])C([2H])([2H])c6ccc(-c7ccccc7)nc6)c5)cn4)cccc32)c(C([2H])([2H])C(C)(C)C)c1F. The lowest BCUT2D eigenvalue weighted by molar-refractivity contribution is 0.401. The Kier molecular flexibility index (Phi) is 7.39. The Hall–Kier alpha value is -6.72. The van der Waals surface area contributed by atoms with Crippen LogP contribution in [0.15, 0.2) is 169 Å². The Labute approximate surface area is 379 Å². The molecule has 0 spiro atoms. The van der Waals surface area contributed by atoms with E-state index in [1.807, 2.05) is 12.1 Å². The van der Waals surface area contributed by atoms with E-state index in [1.54, 1.807) is 87.5 Å². The number of aryl methyl sites for hydroxylation is 6. The topological polar surface area (TPSA) is 51.8 Å². The first-order chi connectivity index (χ1) is 35.4. The summed E-state index contributed by atoms with van der Waals surface area (Å²) in [5.41, 5.74) is -1.12. The molecular formula is C56H50FN3O. The summed E-state index contributed by atoms with van der Waals surface area (Å²) in [4.78, 5) is 13.3. The van der Waals surface area contributed by atoms with Crippen molar-refractivity contribution in [1.29, 1.82) is 0 Å². The largest absolute Gasteiger partial charge is 0.455 e. The van der Waals surface area contributed by atoms with E-state index in [0.717, 1.165) is 35.5 Å². The van der Waals surface area contributed by atoms with Crippen LogP contribution in [0.25, 0.3) is 55.7 Å². The van der Waals surface area contributed by atoms with Gasteiger partial charge in [0.1, 0.15) is 17.0 Å². The number of aromatic nitrogens is 3. The highest BCUT2D eigenvalue weighted by molar-refractivity contribution is 6.10. The fourth-order valence-electron chi connectivity index (χ4n) is 6.86. The summed E-state index contributed by atoms with van der Waals surface area (Å²) in [6.45, 7) is 4.82. The molecule has 4 nitrogen and oxygen atoms in total. The van der Waals surface area contributed by atoms with Crippen LogP contribution in [0.3, 0.4) is 0 Å². The molecule has 0 aliphatic carbocycles. The van der Waals surface area contributed by atoms with E-state index in [4.69, 9.17) is 8.53 Å². The fraction of sp³-hybridized carbons (Fsp3) is 0.196. The molecule has 0 unspecified atom stereocenters. The normalized spacial score (nSPS) is 17.0. The quantitative estimate of drug-likeness (QED) is 0.116. The van der Waals surface area contributed by atoms with Gasteiger partial charge in [0.2, 0.25) is 0 Å². The Morgan fingerprint density at radius 3 is 1.43 bits per heavy atom. The molecule has 0 bridgehead atoms. The lowest BCUT2D eigenvalue weighted by Gasteiger charge is -2.18. The van der Waals surface area contributed by atoms with Crippen LogP contribution in [0.5, 0.6) is 0 Å². The van der Waals surface area contributed by atoms with E-state index in [1.165, 1.54) is 54.9 Å². The van der Waals surface area contributed by atoms with E-state index in [-0.39, 0.29) is 33.6 Å². The van der Waals surface area contributed by atoms with Crippen LogP contribution in [-0.2, 0) is 44.6 Å². The Balaban J connectivity index is 1.13. The van der Waals surface area contributed by atoms with E-state index in [2.05, 4.69) is 15.0 Å². The van der Waals surface area contributed by atoms with Gasteiger partial charge in [-0.25, -0.2) is 4.39 Å². The van der Waals surface area contributed by atoms with Crippen molar-refractivity contribution >= 4 is 21.9 Å². The molecule has 0 atom stereocenters. The second-order valence-corrected chi connectivity index (χ2v) is 15.5. The number of hydrogen-bond acceptors (Lipinski definition) is 4. The molecule has 0 aliphatic heterocycles. The molecule has 9 aromatic rings. The lowest BCUT2D eigenvalue weighted by atomic mass is 9.87. The highest BCUT2D eigenvalue weighted by Gasteiger charge is 2.22. The fourth-order valence-corrected chi connectivity index (χ4v) is 6.86. The average molecular weight is 815 g/mol. The van der Waals surface area contributed by atoms with Crippen molar-refractivity contribution in [3.63, 3.8) is 0 Å². The molecule has 4 aromatic heterocycles. The second-order valence-electron chi connectivity index (χ2n) is 15.5. The number of hydrogen-bond donors (Lipinski definition) is 0. The smallest absolute Gasteiger partial charge is 0.144 e. The first-order valence-corrected chi connectivity index (χ1v) is 19.8. The maximum absolute atomic E-state index is 15.8. The predicted molar refractivity (Wildman–Crippen MR) is 248 cm³/mol. The Morgan fingerprint density at radius 1 is 0.508 bits per heavy atom. The molecule has 4 heterocycles. The number of para-hydroxylation sites is 1. The van der Waals surface area contributed by atoms with Gasteiger partial charge in [0.25, 0.3) is 0 Å². The molecular weight excluding hydrogens is 750 g/mol. The first kappa shape index (κ1) is 25.8. The number of benzene rings is 5. The Bertz CT molecular complexity index is 3500. The zero-order valence-corrected chi connectivity index (χ0v) is 33.6. The van der Waals surface area contributed by atoms with Crippen molar-refractivity contribution < 1.29 is 29.4 Å². The van der Waals surface area contributed by atoms with Crippen molar-refractivity contribution in [2.24, 2.45) is 5.41 Å². The minimum absolute atomic E-state index is 0.0937. The summed E-state index contributed by atoms with van der Waals surface area (Å²) in [5, 5.41) is 0.717. The molecule has 0 aliphatic rings. The van der Waals surface area contributed by atoms with Crippen LogP contribution in [0.4, 0.5) is 4.39 Å². The maximum atomic E-state index is 15.8. The molecule has 5 aromatic carbocycles. The summed E-state index contributed by atoms with van der Waals surface area (Å²) in [7, 11) is 0. The van der Waals surface area contributed by atoms with Crippen molar-refractivity contribution in [1.82, 2.24) is 15.0 Å². The van der Waals surface area contributed by atoms with Crippen molar-refractivity contribution in [3.8, 4) is 33.8 Å².